The van der Waals surface area contributed by atoms with Crippen molar-refractivity contribution < 1.29 is 24.2 Å². The van der Waals surface area contributed by atoms with Gasteiger partial charge in [0.2, 0.25) is 11.0 Å². The SMILES string of the molecule is Cc1nnc(NC(=O)CN2C(=O)C(C)(C)Oc3ccc(C(=O)O)cc32)s1. The first-order valence-electron chi connectivity index (χ1n) is 7.65. The normalized spacial score (nSPS) is 15.2. The maximum atomic E-state index is 12.7. The van der Waals surface area contributed by atoms with E-state index in [0.717, 1.165) is 0 Å². The number of aromatic carboxylic acids is 1. The number of ether oxygens (including phenoxy) is 1. The number of nitrogens with zero attached hydrogens (tertiary/aromatic N) is 3. The molecule has 136 valence electrons. The number of anilines is 2. The van der Waals surface area contributed by atoms with Gasteiger partial charge in [-0.25, -0.2) is 4.79 Å². The van der Waals surface area contributed by atoms with Crippen LogP contribution in [0.2, 0.25) is 0 Å². The van der Waals surface area contributed by atoms with Gasteiger partial charge in [-0.2, -0.15) is 0 Å². The van der Waals surface area contributed by atoms with Gasteiger partial charge in [0.05, 0.1) is 11.3 Å². The highest BCUT2D eigenvalue weighted by Gasteiger charge is 2.41. The maximum absolute atomic E-state index is 12.7. The van der Waals surface area contributed by atoms with Crippen LogP contribution in [0, 0.1) is 6.92 Å². The molecule has 2 N–H and O–H groups in total. The third-order valence-corrected chi connectivity index (χ3v) is 4.45. The van der Waals surface area contributed by atoms with Crippen LogP contribution in [0.4, 0.5) is 10.8 Å². The number of carboxylic acids is 1. The lowest BCUT2D eigenvalue weighted by Crippen LogP contribution is -2.54. The van der Waals surface area contributed by atoms with Crippen LogP contribution in [-0.2, 0) is 9.59 Å². The van der Waals surface area contributed by atoms with Crippen LogP contribution < -0.4 is 15.0 Å². The number of rotatable bonds is 4. The average molecular weight is 376 g/mol. The minimum absolute atomic E-state index is 0.00925. The smallest absolute Gasteiger partial charge is 0.335 e. The second-order valence-corrected chi connectivity index (χ2v) is 7.35. The highest BCUT2D eigenvalue weighted by atomic mass is 32.1. The second kappa shape index (κ2) is 6.37. The van der Waals surface area contributed by atoms with Crippen molar-refractivity contribution >= 4 is 39.9 Å². The minimum Gasteiger partial charge on any atom is -0.478 e. The molecule has 1 aliphatic rings. The second-order valence-electron chi connectivity index (χ2n) is 6.17. The van der Waals surface area contributed by atoms with E-state index in [0.29, 0.717) is 15.9 Å². The van der Waals surface area contributed by atoms with Crippen molar-refractivity contribution in [2.45, 2.75) is 26.4 Å². The Hall–Kier alpha value is -3.01. The van der Waals surface area contributed by atoms with Crippen LogP contribution in [0.25, 0.3) is 0 Å². The molecule has 1 aromatic heterocycles. The van der Waals surface area contributed by atoms with Crippen LogP contribution >= 0.6 is 11.3 Å². The molecular weight excluding hydrogens is 360 g/mol. The van der Waals surface area contributed by atoms with Crippen molar-refractivity contribution in [1.29, 1.82) is 0 Å². The van der Waals surface area contributed by atoms with E-state index in [9.17, 15) is 19.5 Å². The standard InChI is InChI=1S/C16H16N4O5S/c1-8-18-19-15(26-8)17-12(21)7-20-10-6-9(13(22)23)4-5-11(10)25-16(2,3)14(20)24/h4-6H,7H2,1-3H3,(H,22,23)(H,17,19,21). The van der Waals surface area contributed by atoms with Crippen molar-refractivity contribution in [2.24, 2.45) is 0 Å². The first kappa shape index (κ1) is 17.8. The van der Waals surface area contributed by atoms with Gasteiger partial charge in [-0.1, -0.05) is 11.3 Å². The van der Waals surface area contributed by atoms with E-state index >= 15 is 0 Å². The van der Waals surface area contributed by atoms with Gasteiger partial charge in [0.15, 0.2) is 5.60 Å². The van der Waals surface area contributed by atoms with Crippen LogP contribution in [0.1, 0.15) is 29.2 Å². The predicted octanol–water partition coefficient (Wildman–Crippen LogP) is 1.69. The summed E-state index contributed by atoms with van der Waals surface area (Å²) in [5, 5.41) is 20.4. The zero-order chi connectivity index (χ0) is 19.1. The lowest BCUT2D eigenvalue weighted by Gasteiger charge is -2.38. The summed E-state index contributed by atoms with van der Waals surface area (Å²) in [6.07, 6.45) is 0. The summed E-state index contributed by atoms with van der Waals surface area (Å²) >= 11 is 1.21. The molecule has 3 rings (SSSR count). The Bertz CT molecular complexity index is 908. The molecule has 0 unspecified atom stereocenters. The average Bonchev–Trinajstić information content (AvgIpc) is 2.96. The fourth-order valence-corrected chi connectivity index (χ4v) is 3.12. The molecule has 10 heteroatoms. The van der Waals surface area contributed by atoms with E-state index in [1.54, 1.807) is 20.8 Å². The molecule has 2 amide bonds. The first-order chi connectivity index (χ1) is 12.2. The van der Waals surface area contributed by atoms with Crippen LogP contribution in [0.3, 0.4) is 0 Å². The zero-order valence-corrected chi connectivity index (χ0v) is 15.1. The number of fused-ring (bicyclic) bond motifs is 1. The highest BCUT2D eigenvalue weighted by Crippen LogP contribution is 2.38. The molecule has 9 nitrogen and oxygen atoms in total. The summed E-state index contributed by atoms with van der Waals surface area (Å²) in [5.41, 5.74) is -0.958. The Kier molecular flexibility index (Phi) is 4.36. The molecule has 2 heterocycles. The predicted molar refractivity (Wildman–Crippen MR) is 93.7 cm³/mol. The number of carbonyl (C=O) groups excluding carboxylic acids is 2. The number of carboxylic acid groups (broad SMARTS) is 1. The molecular formula is C16H16N4O5S. The number of aromatic nitrogens is 2. The molecule has 1 aliphatic heterocycles. The Morgan fingerprint density at radius 3 is 2.69 bits per heavy atom. The van der Waals surface area contributed by atoms with Gasteiger partial charge in [0.1, 0.15) is 17.3 Å². The summed E-state index contributed by atoms with van der Waals surface area (Å²) in [6.45, 7) is 4.62. The van der Waals surface area contributed by atoms with E-state index in [1.807, 2.05) is 0 Å². The quantitative estimate of drug-likeness (QED) is 0.832. The lowest BCUT2D eigenvalue weighted by molar-refractivity contribution is -0.133. The monoisotopic (exact) mass is 376 g/mol. The topological polar surface area (TPSA) is 122 Å². The van der Waals surface area contributed by atoms with Crippen molar-refractivity contribution in [3.63, 3.8) is 0 Å². The van der Waals surface area contributed by atoms with Crippen molar-refractivity contribution in [2.75, 3.05) is 16.8 Å². The summed E-state index contributed by atoms with van der Waals surface area (Å²) < 4.78 is 5.66. The number of amides is 2. The van der Waals surface area contributed by atoms with Crippen molar-refractivity contribution in [3.8, 4) is 5.75 Å². The van der Waals surface area contributed by atoms with E-state index in [2.05, 4.69) is 15.5 Å². The molecule has 0 bridgehead atoms. The fourth-order valence-electron chi connectivity index (χ4n) is 2.51. The summed E-state index contributed by atoms with van der Waals surface area (Å²) in [5.74, 6) is -1.73. The highest BCUT2D eigenvalue weighted by molar-refractivity contribution is 7.15. The molecule has 0 atom stereocenters. The van der Waals surface area contributed by atoms with Crippen LogP contribution in [0.5, 0.6) is 5.75 Å². The number of hydrogen-bond acceptors (Lipinski definition) is 7. The van der Waals surface area contributed by atoms with Gasteiger partial charge >= 0.3 is 5.97 Å². The number of aryl methyl sites for hydroxylation is 1. The van der Waals surface area contributed by atoms with Gasteiger partial charge in [0.25, 0.3) is 5.91 Å². The third kappa shape index (κ3) is 3.36. The lowest BCUT2D eigenvalue weighted by atomic mass is 10.0. The molecule has 0 spiro atoms. The number of carbonyl (C=O) groups is 3. The largest absolute Gasteiger partial charge is 0.478 e. The van der Waals surface area contributed by atoms with Crippen LogP contribution in [-0.4, -0.2) is 45.2 Å². The van der Waals surface area contributed by atoms with E-state index in [1.165, 1.54) is 34.4 Å². The Balaban J connectivity index is 1.91. The Morgan fingerprint density at radius 2 is 2.08 bits per heavy atom. The third-order valence-electron chi connectivity index (χ3n) is 3.70. The molecule has 2 aromatic rings. The van der Waals surface area contributed by atoms with Gasteiger partial charge in [-0.15, -0.1) is 10.2 Å². The van der Waals surface area contributed by atoms with Crippen molar-refractivity contribution in [3.05, 3.63) is 28.8 Å². The first-order valence-corrected chi connectivity index (χ1v) is 8.47. The summed E-state index contributed by atoms with van der Waals surface area (Å²) in [4.78, 5) is 37.5. The molecule has 1 aromatic carbocycles. The fraction of sp³-hybridized carbons (Fsp3) is 0.312. The zero-order valence-electron chi connectivity index (χ0n) is 14.3. The number of hydrogen-bond donors (Lipinski definition) is 2. The van der Waals surface area contributed by atoms with Gasteiger partial charge in [-0.3, -0.25) is 19.8 Å². The molecule has 0 saturated carbocycles. The van der Waals surface area contributed by atoms with E-state index < -0.39 is 23.4 Å². The molecule has 0 fully saturated rings. The Morgan fingerprint density at radius 1 is 1.35 bits per heavy atom. The van der Waals surface area contributed by atoms with Gasteiger partial charge in [0, 0.05) is 0 Å². The number of nitrogens with one attached hydrogen (secondary N) is 1. The van der Waals surface area contributed by atoms with Gasteiger partial charge < -0.3 is 9.84 Å². The van der Waals surface area contributed by atoms with E-state index in [4.69, 9.17) is 4.74 Å². The Labute approximate surface area is 152 Å². The molecule has 0 aliphatic carbocycles. The minimum atomic E-state index is -1.18. The van der Waals surface area contributed by atoms with Crippen LogP contribution in [0.15, 0.2) is 18.2 Å². The molecule has 0 radical (unpaired) electrons. The molecule has 0 saturated heterocycles. The summed E-state index contributed by atoms with van der Waals surface area (Å²) in [7, 11) is 0. The van der Waals surface area contributed by atoms with E-state index in [-0.39, 0.29) is 17.8 Å². The van der Waals surface area contributed by atoms with Crippen molar-refractivity contribution in [1.82, 2.24) is 10.2 Å². The maximum Gasteiger partial charge on any atom is 0.335 e. The van der Waals surface area contributed by atoms with Gasteiger partial charge in [-0.05, 0) is 39.0 Å². The number of benzene rings is 1. The summed E-state index contributed by atoms with van der Waals surface area (Å²) in [6, 6.07) is 4.18. The molecule has 26 heavy (non-hydrogen) atoms.